The molecule has 0 N–H and O–H groups in total. The Morgan fingerprint density at radius 3 is 2.50 bits per heavy atom. The Kier molecular flexibility index (Phi) is 3.04. The number of benzene rings is 1. The fourth-order valence-electron chi connectivity index (χ4n) is 0.819. The maximum atomic E-state index is 11.3. The van der Waals surface area contributed by atoms with E-state index in [1.807, 2.05) is 12.1 Å². The zero-order chi connectivity index (χ0) is 8.97. The molecule has 3 heteroatoms. The minimum absolute atomic E-state index is 0.141. The van der Waals surface area contributed by atoms with Gasteiger partial charge in [-0.2, -0.15) is 0 Å². The third-order valence-electron chi connectivity index (χ3n) is 1.43. The van der Waals surface area contributed by atoms with E-state index in [9.17, 15) is 4.79 Å². The van der Waals surface area contributed by atoms with Crippen LogP contribution in [0.25, 0.3) is 0 Å². The van der Waals surface area contributed by atoms with E-state index in [0.717, 1.165) is 0 Å². The second-order valence-electron chi connectivity index (χ2n) is 2.26. The molecule has 0 amide bonds. The third kappa shape index (κ3) is 1.94. The van der Waals surface area contributed by atoms with Gasteiger partial charge in [-0.25, -0.2) is 0 Å². The van der Waals surface area contributed by atoms with Crippen LogP contribution in [0.2, 0.25) is 4.82 Å². The molecular weight excluding hydrogens is 217 g/mol. The van der Waals surface area contributed by atoms with Crippen LogP contribution in [0.15, 0.2) is 30.3 Å². The molecule has 1 aromatic carbocycles. The summed E-state index contributed by atoms with van der Waals surface area (Å²) in [6, 6.07) is 10.7. The Morgan fingerprint density at radius 2 is 2.00 bits per heavy atom. The molecule has 12 heavy (non-hydrogen) atoms. The van der Waals surface area contributed by atoms with Gasteiger partial charge in [0.2, 0.25) is 0 Å². The molecule has 0 aliphatic carbocycles. The Hall–Kier alpha value is -1.10. The summed E-state index contributed by atoms with van der Waals surface area (Å²) < 4.78 is 0. The summed E-state index contributed by atoms with van der Waals surface area (Å²) >= 11 is 2.06. The average molecular weight is 224 g/mol. The molecule has 0 radical (unpaired) electrons. The van der Waals surface area contributed by atoms with Crippen molar-refractivity contribution in [2.75, 3.05) is 0 Å². The first-order valence-corrected chi connectivity index (χ1v) is 4.51. The molecule has 1 atom stereocenters. The average Bonchev–Trinajstić information content (AvgIpc) is 2.17. The van der Waals surface area contributed by atoms with Gasteiger partial charge < -0.3 is 0 Å². The number of nitrogens with zero attached hydrogens (tertiary/aromatic N) is 1. The molecule has 0 heterocycles. The van der Waals surface area contributed by atoms with Gasteiger partial charge in [0.25, 0.3) is 0 Å². The quantitative estimate of drug-likeness (QED) is 0.557. The van der Waals surface area contributed by atoms with E-state index < -0.39 is 4.82 Å². The SMILES string of the molecule is N#CC([SeH])C(=O)c1ccccc1. The maximum absolute atomic E-state index is 11.3. The molecular formula is C9H7NOSe. The number of nitriles is 1. The first-order chi connectivity index (χ1) is 5.75. The molecule has 1 aromatic rings. The molecule has 0 aromatic heterocycles. The number of Topliss-reactive ketones (excluding diaryl/α,β-unsaturated/α-hetero) is 1. The van der Waals surface area contributed by atoms with Crippen LogP contribution in [0.3, 0.4) is 0 Å². The van der Waals surface area contributed by atoms with Crippen molar-refractivity contribution < 1.29 is 4.79 Å². The molecule has 0 saturated carbocycles. The Morgan fingerprint density at radius 1 is 1.42 bits per heavy atom. The number of rotatable bonds is 2. The van der Waals surface area contributed by atoms with Gasteiger partial charge in [-0.05, 0) is 0 Å². The molecule has 0 fully saturated rings. The van der Waals surface area contributed by atoms with E-state index >= 15 is 0 Å². The molecule has 1 unspecified atom stereocenters. The Bertz CT molecular complexity index is 315. The van der Waals surface area contributed by atoms with E-state index in [4.69, 9.17) is 5.26 Å². The van der Waals surface area contributed by atoms with Gasteiger partial charge in [0, 0.05) is 0 Å². The molecule has 0 spiro atoms. The van der Waals surface area contributed by atoms with Crippen LogP contribution in [0.4, 0.5) is 0 Å². The fourth-order valence-corrected chi connectivity index (χ4v) is 1.13. The first-order valence-electron chi connectivity index (χ1n) is 3.42. The van der Waals surface area contributed by atoms with Gasteiger partial charge in [-0.15, -0.1) is 0 Å². The van der Waals surface area contributed by atoms with Crippen molar-refractivity contribution in [1.29, 1.82) is 5.26 Å². The number of ketones is 1. The number of hydrogen-bond acceptors (Lipinski definition) is 2. The summed E-state index contributed by atoms with van der Waals surface area (Å²) in [7, 11) is 0. The number of hydrogen-bond donors (Lipinski definition) is 0. The van der Waals surface area contributed by atoms with Gasteiger partial charge in [0.15, 0.2) is 0 Å². The molecule has 0 aliphatic rings. The van der Waals surface area contributed by atoms with Crippen molar-refractivity contribution in [2.45, 2.75) is 4.82 Å². The van der Waals surface area contributed by atoms with Crippen molar-refractivity contribution in [2.24, 2.45) is 0 Å². The zero-order valence-electron chi connectivity index (χ0n) is 6.27. The summed E-state index contributed by atoms with van der Waals surface area (Å²) in [6.45, 7) is 0. The van der Waals surface area contributed by atoms with Gasteiger partial charge in [-0.3, -0.25) is 0 Å². The summed E-state index contributed by atoms with van der Waals surface area (Å²) in [5.74, 6) is -0.141. The molecule has 0 saturated heterocycles. The predicted molar refractivity (Wildman–Crippen MR) is 47.3 cm³/mol. The zero-order valence-corrected chi connectivity index (χ0v) is 8.14. The van der Waals surface area contributed by atoms with E-state index in [0.29, 0.717) is 5.56 Å². The van der Waals surface area contributed by atoms with Crippen molar-refractivity contribution >= 4 is 21.8 Å². The van der Waals surface area contributed by atoms with Crippen LogP contribution >= 0.6 is 0 Å². The van der Waals surface area contributed by atoms with Crippen LogP contribution in [0.5, 0.6) is 0 Å². The van der Waals surface area contributed by atoms with Crippen LogP contribution in [0, 0.1) is 11.3 Å². The molecule has 0 aliphatic heterocycles. The summed E-state index contributed by atoms with van der Waals surface area (Å²) in [5.41, 5.74) is 0.588. The summed E-state index contributed by atoms with van der Waals surface area (Å²) in [6.07, 6.45) is 0. The van der Waals surface area contributed by atoms with Crippen molar-refractivity contribution in [1.82, 2.24) is 0 Å². The Labute approximate surface area is 79.0 Å². The fraction of sp³-hybridized carbons (Fsp3) is 0.111. The second-order valence-corrected chi connectivity index (χ2v) is 3.35. The minimum atomic E-state index is -0.611. The van der Waals surface area contributed by atoms with Crippen LogP contribution in [-0.4, -0.2) is 21.8 Å². The van der Waals surface area contributed by atoms with Crippen LogP contribution in [-0.2, 0) is 0 Å². The number of carbonyl (C=O) groups is 1. The second kappa shape index (κ2) is 4.06. The summed E-state index contributed by atoms with van der Waals surface area (Å²) in [5, 5.41) is 8.48. The van der Waals surface area contributed by atoms with Crippen molar-refractivity contribution in [3.05, 3.63) is 35.9 Å². The molecule has 0 bridgehead atoms. The van der Waals surface area contributed by atoms with E-state index in [2.05, 4.69) is 16.0 Å². The number of carbonyl (C=O) groups excluding carboxylic acids is 1. The normalized spacial score (nSPS) is 11.7. The van der Waals surface area contributed by atoms with Gasteiger partial charge >= 0.3 is 78.6 Å². The van der Waals surface area contributed by atoms with Gasteiger partial charge in [0.05, 0.1) is 0 Å². The molecule has 2 nitrogen and oxygen atoms in total. The van der Waals surface area contributed by atoms with Crippen LogP contribution < -0.4 is 0 Å². The molecule has 1 rings (SSSR count). The van der Waals surface area contributed by atoms with Gasteiger partial charge in [-0.1, -0.05) is 0 Å². The van der Waals surface area contributed by atoms with E-state index in [1.165, 1.54) is 0 Å². The standard InChI is InChI=1S/C9H7NOSe/c10-6-8(12)9(11)7-4-2-1-3-5-7/h1-5,8,12H. The van der Waals surface area contributed by atoms with Crippen molar-refractivity contribution in [3.8, 4) is 6.07 Å². The van der Waals surface area contributed by atoms with E-state index in [-0.39, 0.29) is 5.78 Å². The Balaban J connectivity index is 2.88. The monoisotopic (exact) mass is 225 g/mol. The van der Waals surface area contributed by atoms with Gasteiger partial charge in [0.1, 0.15) is 0 Å². The summed E-state index contributed by atoms with van der Waals surface area (Å²) in [4.78, 5) is 10.7. The van der Waals surface area contributed by atoms with Crippen molar-refractivity contribution in [3.63, 3.8) is 0 Å². The predicted octanol–water partition coefficient (Wildman–Crippen LogP) is 1.08. The van der Waals surface area contributed by atoms with E-state index in [1.54, 1.807) is 24.3 Å². The third-order valence-corrected chi connectivity index (χ3v) is 2.16. The first kappa shape index (κ1) is 8.99. The molecule has 60 valence electrons. The van der Waals surface area contributed by atoms with Crippen LogP contribution in [0.1, 0.15) is 10.4 Å². The topological polar surface area (TPSA) is 40.9 Å².